The number of carbonyl (C=O) groups excluding carboxylic acids is 1. The van der Waals surface area contributed by atoms with E-state index in [4.69, 9.17) is 5.84 Å². The van der Waals surface area contributed by atoms with Crippen LogP contribution < -0.4 is 16.6 Å². The topological polar surface area (TPSA) is 70.4 Å². The van der Waals surface area contributed by atoms with E-state index in [1.807, 2.05) is 19.4 Å². The monoisotopic (exact) mass is 298 g/mol. The van der Waals surface area contributed by atoms with E-state index < -0.39 is 23.2 Å². The van der Waals surface area contributed by atoms with Crippen LogP contribution in [-0.2, 0) is 0 Å². The van der Waals surface area contributed by atoms with Gasteiger partial charge >= 0.3 is 0 Å². The summed E-state index contributed by atoms with van der Waals surface area (Å²) in [4.78, 5) is 14.3. The van der Waals surface area contributed by atoms with Gasteiger partial charge in [0.15, 0.2) is 11.6 Å². The number of amides is 1. The quantitative estimate of drug-likeness (QED) is 0.581. The van der Waals surface area contributed by atoms with E-state index in [1.165, 1.54) is 0 Å². The molecule has 2 atom stereocenters. The Morgan fingerprint density at radius 1 is 1.38 bits per heavy atom. The lowest BCUT2D eigenvalue weighted by molar-refractivity contribution is 0.0883. The third-order valence-corrected chi connectivity index (χ3v) is 3.87. The molecule has 1 aromatic rings. The molecule has 2 rings (SSSR count). The highest BCUT2D eigenvalue weighted by atomic mass is 19.1. The van der Waals surface area contributed by atoms with Crippen molar-refractivity contribution in [3.8, 4) is 0 Å². The lowest BCUT2D eigenvalue weighted by Gasteiger charge is -2.35. The van der Waals surface area contributed by atoms with Crippen LogP contribution in [0, 0.1) is 17.6 Å². The van der Waals surface area contributed by atoms with Crippen LogP contribution in [0.3, 0.4) is 0 Å². The van der Waals surface area contributed by atoms with Crippen molar-refractivity contribution in [1.82, 2.24) is 10.2 Å². The molecule has 0 spiro atoms. The Balaban J connectivity index is 2.10. The van der Waals surface area contributed by atoms with Crippen molar-refractivity contribution in [2.45, 2.75) is 19.4 Å². The Labute approximate surface area is 122 Å². The van der Waals surface area contributed by atoms with Gasteiger partial charge in [-0.3, -0.25) is 10.6 Å². The molecule has 0 aromatic heterocycles. The van der Waals surface area contributed by atoms with Crippen LogP contribution in [0.25, 0.3) is 0 Å². The summed E-state index contributed by atoms with van der Waals surface area (Å²) in [6, 6.07) is 1.97. The zero-order chi connectivity index (χ0) is 15.6. The Bertz CT molecular complexity index is 515. The van der Waals surface area contributed by atoms with Gasteiger partial charge in [-0.05, 0) is 38.1 Å². The molecule has 1 saturated heterocycles. The van der Waals surface area contributed by atoms with Crippen molar-refractivity contribution in [2.24, 2.45) is 11.8 Å². The fourth-order valence-corrected chi connectivity index (χ4v) is 2.66. The van der Waals surface area contributed by atoms with Crippen molar-refractivity contribution >= 4 is 11.6 Å². The minimum Gasteiger partial charge on any atom is -0.349 e. The standard InChI is InChI=1S/C14H20F2N4O/c1-8-7-20(2)4-3-12(8)18-14(21)9-5-10(15)13(19-17)11(16)6-9/h5-6,8,12,19H,3-4,7,17H2,1-2H3,(H,18,21). The zero-order valence-electron chi connectivity index (χ0n) is 12.1. The first-order chi connectivity index (χ1) is 9.92. The van der Waals surface area contributed by atoms with Crippen LogP contribution in [0.1, 0.15) is 23.7 Å². The van der Waals surface area contributed by atoms with Gasteiger partial charge in [0.05, 0.1) is 0 Å². The smallest absolute Gasteiger partial charge is 0.251 e. The van der Waals surface area contributed by atoms with Gasteiger partial charge in [0.1, 0.15) is 5.69 Å². The fraction of sp³-hybridized carbons (Fsp3) is 0.500. The lowest BCUT2D eigenvalue weighted by Crippen LogP contribution is -2.48. The maximum Gasteiger partial charge on any atom is 0.251 e. The van der Waals surface area contributed by atoms with E-state index in [0.717, 1.165) is 31.6 Å². The fourth-order valence-electron chi connectivity index (χ4n) is 2.66. The highest BCUT2D eigenvalue weighted by molar-refractivity contribution is 5.94. The molecule has 0 bridgehead atoms. The third-order valence-electron chi connectivity index (χ3n) is 3.87. The lowest BCUT2D eigenvalue weighted by atomic mass is 9.94. The molecule has 1 aliphatic heterocycles. The van der Waals surface area contributed by atoms with Gasteiger partial charge in [0, 0.05) is 18.2 Å². The molecule has 1 fully saturated rings. The van der Waals surface area contributed by atoms with Crippen LogP contribution in [-0.4, -0.2) is 37.0 Å². The molecule has 0 aliphatic carbocycles. The van der Waals surface area contributed by atoms with Gasteiger partial charge in [0.25, 0.3) is 5.91 Å². The van der Waals surface area contributed by atoms with Gasteiger partial charge in [-0.15, -0.1) is 0 Å². The number of nitrogens with one attached hydrogen (secondary N) is 2. The summed E-state index contributed by atoms with van der Waals surface area (Å²) in [5.41, 5.74) is 1.44. The number of nitrogens with zero attached hydrogens (tertiary/aromatic N) is 1. The summed E-state index contributed by atoms with van der Waals surface area (Å²) < 4.78 is 27.2. The number of likely N-dealkylation sites (tertiary alicyclic amines) is 1. The molecule has 116 valence electrons. The SMILES string of the molecule is CC1CN(C)CCC1NC(=O)c1cc(F)c(NN)c(F)c1. The van der Waals surface area contributed by atoms with Gasteiger partial charge in [0.2, 0.25) is 0 Å². The molecular weight excluding hydrogens is 278 g/mol. The summed E-state index contributed by atoms with van der Waals surface area (Å²) >= 11 is 0. The molecule has 4 N–H and O–H groups in total. The Morgan fingerprint density at radius 3 is 2.52 bits per heavy atom. The number of piperidine rings is 1. The molecule has 7 heteroatoms. The predicted molar refractivity (Wildman–Crippen MR) is 76.7 cm³/mol. The summed E-state index contributed by atoms with van der Waals surface area (Å²) in [5.74, 6) is 3.05. The van der Waals surface area contributed by atoms with Crippen LogP contribution in [0.4, 0.5) is 14.5 Å². The van der Waals surface area contributed by atoms with Crippen LogP contribution in [0.15, 0.2) is 12.1 Å². The summed E-state index contributed by atoms with van der Waals surface area (Å²) in [6.45, 7) is 3.81. The van der Waals surface area contributed by atoms with Gasteiger partial charge < -0.3 is 15.6 Å². The molecule has 1 aromatic carbocycles. The molecule has 1 aliphatic rings. The maximum absolute atomic E-state index is 13.6. The summed E-state index contributed by atoms with van der Waals surface area (Å²) in [7, 11) is 2.03. The number of nitrogens with two attached hydrogens (primary N) is 1. The number of rotatable bonds is 3. The third kappa shape index (κ3) is 3.48. The van der Waals surface area contributed by atoms with Crippen molar-refractivity contribution < 1.29 is 13.6 Å². The number of hydrazine groups is 1. The van der Waals surface area contributed by atoms with Gasteiger partial charge in [-0.25, -0.2) is 8.78 Å². The van der Waals surface area contributed by atoms with Crippen molar-refractivity contribution in [2.75, 3.05) is 25.6 Å². The number of halogens is 2. The van der Waals surface area contributed by atoms with Crippen molar-refractivity contribution in [3.63, 3.8) is 0 Å². The van der Waals surface area contributed by atoms with Crippen LogP contribution in [0.5, 0.6) is 0 Å². The Kier molecular flexibility index (Phi) is 4.74. The first-order valence-electron chi connectivity index (χ1n) is 6.87. The Hall–Kier alpha value is -1.73. The minimum atomic E-state index is -0.890. The second kappa shape index (κ2) is 6.36. The van der Waals surface area contributed by atoms with Gasteiger partial charge in [-0.2, -0.15) is 0 Å². The second-order valence-corrected chi connectivity index (χ2v) is 5.57. The largest absolute Gasteiger partial charge is 0.349 e. The van der Waals surface area contributed by atoms with E-state index in [-0.39, 0.29) is 17.5 Å². The molecule has 5 nitrogen and oxygen atoms in total. The van der Waals surface area contributed by atoms with Crippen LogP contribution >= 0.6 is 0 Å². The van der Waals surface area contributed by atoms with Crippen LogP contribution in [0.2, 0.25) is 0 Å². The normalized spacial score (nSPS) is 22.9. The molecule has 1 heterocycles. The molecule has 2 unspecified atom stereocenters. The Morgan fingerprint density at radius 2 is 2.00 bits per heavy atom. The number of nitrogen functional groups attached to an aromatic ring is 1. The molecular formula is C14H20F2N4O. The summed E-state index contributed by atoms with van der Waals surface area (Å²) in [6.07, 6.45) is 0.816. The molecule has 21 heavy (non-hydrogen) atoms. The predicted octanol–water partition coefficient (Wildman–Crippen LogP) is 1.32. The molecule has 0 saturated carbocycles. The van der Waals surface area contributed by atoms with E-state index in [1.54, 1.807) is 0 Å². The van der Waals surface area contributed by atoms with E-state index >= 15 is 0 Å². The highest BCUT2D eigenvalue weighted by Crippen LogP contribution is 2.21. The zero-order valence-corrected chi connectivity index (χ0v) is 12.1. The average Bonchev–Trinajstić information content (AvgIpc) is 2.41. The number of hydrogen-bond acceptors (Lipinski definition) is 4. The number of anilines is 1. The number of carbonyl (C=O) groups is 1. The van der Waals surface area contributed by atoms with Crippen molar-refractivity contribution in [1.29, 1.82) is 0 Å². The number of benzene rings is 1. The highest BCUT2D eigenvalue weighted by Gasteiger charge is 2.26. The molecule has 1 amide bonds. The van der Waals surface area contributed by atoms with Crippen molar-refractivity contribution in [3.05, 3.63) is 29.3 Å². The van der Waals surface area contributed by atoms with E-state index in [2.05, 4.69) is 10.2 Å². The van der Waals surface area contributed by atoms with E-state index in [9.17, 15) is 13.6 Å². The summed E-state index contributed by atoms with van der Waals surface area (Å²) in [5, 5.41) is 2.85. The second-order valence-electron chi connectivity index (χ2n) is 5.57. The number of hydrogen-bond donors (Lipinski definition) is 3. The average molecular weight is 298 g/mol. The first kappa shape index (κ1) is 15.7. The maximum atomic E-state index is 13.6. The molecule has 0 radical (unpaired) electrons. The van der Waals surface area contributed by atoms with Gasteiger partial charge in [-0.1, -0.05) is 6.92 Å². The minimum absolute atomic E-state index is 0.00660. The first-order valence-corrected chi connectivity index (χ1v) is 6.87. The van der Waals surface area contributed by atoms with E-state index in [0.29, 0.717) is 0 Å².